The van der Waals surface area contributed by atoms with Crippen LogP contribution in [0.1, 0.15) is 19.3 Å². The van der Waals surface area contributed by atoms with Crippen LogP contribution in [0.25, 0.3) is 0 Å². The van der Waals surface area contributed by atoms with Gasteiger partial charge in [0.2, 0.25) is 0 Å². The van der Waals surface area contributed by atoms with Crippen molar-refractivity contribution in [3.63, 3.8) is 0 Å². The lowest BCUT2D eigenvalue weighted by molar-refractivity contribution is -0.152. The Morgan fingerprint density at radius 1 is 1.21 bits per heavy atom. The third kappa shape index (κ3) is 4.78. The summed E-state index contributed by atoms with van der Waals surface area (Å²) < 4.78 is 0. The van der Waals surface area contributed by atoms with Gasteiger partial charge in [-0.2, -0.15) is 0 Å². The Balaban J connectivity index is 4.18. The first-order valence-electron chi connectivity index (χ1n) is 4.22. The highest BCUT2D eigenvalue weighted by atomic mass is 16.4. The second-order valence-electron chi connectivity index (χ2n) is 2.98. The Morgan fingerprint density at radius 2 is 1.79 bits per heavy atom. The van der Waals surface area contributed by atoms with Crippen LogP contribution in [0, 0.1) is 5.92 Å². The van der Waals surface area contributed by atoms with Crippen LogP contribution in [0.3, 0.4) is 0 Å². The number of aliphatic carboxylic acids is 2. The lowest BCUT2D eigenvalue weighted by Gasteiger charge is -2.16. The summed E-state index contributed by atoms with van der Waals surface area (Å²) in [6, 6.07) is 0. The molecule has 0 bridgehead atoms. The van der Waals surface area contributed by atoms with Gasteiger partial charge < -0.3 is 20.4 Å². The third-order valence-electron chi connectivity index (χ3n) is 1.83. The first-order valence-corrected chi connectivity index (χ1v) is 4.22. The molecule has 0 radical (unpaired) electrons. The molecule has 0 aromatic heterocycles. The molecule has 0 aliphatic carbocycles. The summed E-state index contributed by atoms with van der Waals surface area (Å²) in [6.45, 7) is -0.156. The van der Waals surface area contributed by atoms with Gasteiger partial charge in [0.1, 0.15) is 0 Å². The van der Waals surface area contributed by atoms with Gasteiger partial charge in [0.25, 0.3) is 0 Å². The van der Waals surface area contributed by atoms with Crippen molar-refractivity contribution in [3.8, 4) is 0 Å². The van der Waals surface area contributed by atoms with E-state index in [9.17, 15) is 14.7 Å². The largest absolute Gasteiger partial charge is 0.481 e. The summed E-state index contributed by atoms with van der Waals surface area (Å²) in [5.74, 6) is -3.91. The van der Waals surface area contributed by atoms with E-state index in [2.05, 4.69) is 0 Å². The number of rotatable bonds is 7. The molecule has 14 heavy (non-hydrogen) atoms. The van der Waals surface area contributed by atoms with Crippen molar-refractivity contribution in [1.82, 2.24) is 0 Å². The minimum Gasteiger partial charge on any atom is -0.481 e. The minimum absolute atomic E-state index is 0.0841. The van der Waals surface area contributed by atoms with Crippen molar-refractivity contribution in [2.45, 2.75) is 25.4 Å². The highest BCUT2D eigenvalue weighted by Crippen LogP contribution is 2.14. The number of carboxylic acids is 2. The molecule has 0 heterocycles. The number of carbonyl (C=O) groups is 2. The van der Waals surface area contributed by atoms with E-state index in [1.807, 2.05) is 0 Å². The maximum absolute atomic E-state index is 10.6. The van der Waals surface area contributed by atoms with E-state index in [1.165, 1.54) is 0 Å². The molecule has 6 heteroatoms. The fraction of sp³-hybridized carbons (Fsp3) is 0.750. The smallest absolute Gasteiger partial charge is 0.309 e. The Hall–Kier alpha value is -1.14. The van der Waals surface area contributed by atoms with Crippen molar-refractivity contribution in [1.29, 1.82) is 0 Å². The van der Waals surface area contributed by atoms with Crippen LogP contribution in [-0.4, -0.2) is 45.1 Å². The van der Waals surface area contributed by atoms with E-state index in [4.69, 9.17) is 15.3 Å². The number of carboxylic acid groups (broad SMARTS) is 2. The summed E-state index contributed by atoms with van der Waals surface area (Å²) in [6.07, 6.45) is -1.50. The average molecular weight is 206 g/mol. The van der Waals surface area contributed by atoms with Crippen LogP contribution >= 0.6 is 0 Å². The normalized spacial score (nSPS) is 14.7. The van der Waals surface area contributed by atoms with Crippen LogP contribution in [0.2, 0.25) is 0 Å². The molecular weight excluding hydrogens is 192 g/mol. The molecule has 0 amide bonds. The molecule has 6 nitrogen and oxygen atoms in total. The molecule has 0 aromatic rings. The molecular formula is C8H14O6. The zero-order chi connectivity index (χ0) is 11.1. The Labute approximate surface area is 80.8 Å². The zero-order valence-corrected chi connectivity index (χ0v) is 7.59. The maximum Gasteiger partial charge on any atom is 0.309 e. The van der Waals surface area contributed by atoms with Crippen LogP contribution < -0.4 is 0 Å². The molecule has 0 rings (SSSR count). The average Bonchev–Trinajstić information content (AvgIpc) is 2.09. The van der Waals surface area contributed by atoms with Gasteiger partial charge in [-0.25, -0.2) is 0 Å². The van der Waals surface area contributed by atoms with Gasteiger partial charge in [-0.3, -0.25) is 9.59 Å². The monoisotopic (exact) mass is 206 g/mol. The lowest BCUT2D eigenvalue weighted by Crippen LogP contribution is -2.30. The standard InChI is InChI=1S/C8H14O6/c9-3-1-2-6(10)5(8(13)14)4-7(11)12/h5-6,9-10H,1-4H2,(H,11,12)(H,13,14). The summed E-state index contributed by atoms with van der Waals surface area (Å²) in [7, 11) is 0. The van der Waals surface area contributed by atoms with Crippen LogP contribution in [0.5, 0.6) is 0 Å². The van der Waals surface area contributed by atoms with Gasteiger partial charge in [-0.1, -0.05) is 0 Å². The molecule has 2 atom stereocenters. The molecule has 82 valence electrons. The van der Waals surface area contributed by atoms with Gasteiger partial charge in [-0.15, -0.1) is 0 Å². The first kappa shape index (κ1) is 12.9. The topological polar surface area (TPSA) is 115 Å². The fourth-order valence-electron chi connectivity index (χ4n) is 1.08. The fourth-order valence-corrected chi connectivity index (χ4v) is 1.08. The quantitative estimate of drug-likeness (QED) is 0.437. The molecule has 0 aromatic carbocycles. The summed E-state index contributed by atoms with van der Waals surface area (Å²) in [5, 5.41) is 34.7. The predicted molar refractivity (Wildman–Crippen MR) is 45.7 cm³/mol. The first-order chi connectivity index (χ1) is 6.49. The molecule has 0 saturated heterocycles. The Kier molecular flexibility index (Phi) is 5.82. The van der Waals surface area contributed by atoms with Crippen molar-refractivity contribution in [2.75, 3.05) is 6.61 Å². The summed E-state index contributed by atoms with van der Waals surface area (Å²) in [4.78, 5) is 20.8. The second-order valence-corrected chi connectivity index (χ2v) is 2.98. The van der Waals surface area contributed by atoms with E-state index >= 15 is 0 Å². The van der Waals surface area contributed by atoms with E-state index < -0.39 is 30.4 Å². The lowest BCUT2D eigenvalue weighted by atomic mass is 9.95. The molecule has 0 fully saturated rings. The molecule has 0 spiro atoms. The molecule has 0 aliphatic rings. The van der Waals surface area contributed by atoms with Gasteiger partial charge in [0.15, 0.2) is 0 Å². The van der Waals surface area contributed by atoms with Crippen LogP contribution in [-0.2, 0) is 9.59 Å². The van der Waals surface area contributed by atoms with Crippen molar-refractivity contribution >= 4 is 11.9 Å². The number of hydrogen-bond acceptors (Lipinski definition) is 4. The van der Waals surface area contributed by atoms with E-state index in [-0.39, 0.29) is 19.4 Å². The van der Waals surface area contributed by atoms with Crippen LogP contribution in [0.15, 0.2) is 0 Å². The molecule has 0 saturated carbocycles. The highest BCUT2D eigenvalue weighted by molar-refractivity contribution is 5.78. The van der Waals surface area contributed by atoms with Crippen LogP contribution in [0.4, 0.5) is 0 Å². The Morgan fingerprint density at radius 3 is 2.14 bits per heavy atom. The summed E-state index contributed by atoms with van der Waals surface area (Å²) >= 11 is 0. The van der Waals surface area contributed by atoms with E-state index in [0.29, 0.717) is 0 Å². The third-order valence-corrected chi connectivity index (χ3v) is 1.83. The van der Waals surface area contributed by atoms with E-state index in [1.54, 1.807) is 0 Å². The van der Waals surface area contributed by atoms with Gasteiger partial charge in [-0.05, 0) is 12.8 Å². The number of aliphatic hydroxyl groups is 2. The van der Waals surface area contributed by atoms with Gasteiger partial charge in [0.05, 0.1) is 18.4 Å². The highest BCUT2D eigenvalue weighted by Gasteiger charge is 2.28. The molecule has 2 unspecified atom stereocenters. The second kappa shape index (κ2) is 6.33. The van der Waals surface area contributed by atoms with Gasteiger partial charge >= 0.3 is 11.9 Å². The zero-order valence-electron chi connectivity index (χ0n) is 7.59. The van der Waals surface area contributed by atoms with Crippen molar-refractivity contribution in [2.24, 2.45) is 5.92 Å². The molecule has 0 aliphatic heterocycles. The van der Waals surface area contributed by atoms with Crippen molar-refractivity contribution < 1.29 is 30.0 Å². The summed E-state index contributed by atoms with van der Waals surface area (Å²) in [5.41, 5.74) is 0. The van der Waals surface area contributed by atoms with Crippen molar-refractivity contribution in [3.05, 3.63) is 0 Å². The minimum atomic E-state index is -1.34. The van der Waals surface area contributed by atoms with Gasteiger partial charge in [0, 0.05) is 6.61 Å². The maximum atomic E-state index is 10.6. The SMILES string of the molecule is O=C(O)CC(C(=O)O)C(O)CCCO. The Bertz CT molecular complexity index is 202. The van der Waals surface area contributed by atoms with E-state index in [0.717, 1.165) is 0 Å². The predicted octanol–water partition coefficient (Wildman–Crippen LogP) is -0.705. The number of aliphatic hydroxyl groups excluding tert-OH is 2. The molecule has 4 N–H and O–H groups in total. The number of hydrogen-bond donors (Lipinski definition) is 4.